The van der Waals surface area contributed by atoms with Gasteiger partial charge in [-0.2, -0.15) is 0 Å². The Morgan fingerprint density at radius 3 is 2.15 bits per heavy atom. The molecule has 79 valence electrons. The molecule has 0 rings (SSSR count). The van der Waals surface area contributed by atoms with Crippen molar-refractivity contribution in [2.45, 2.75) is 64.1 Å². The molecule has 2 heteroatoms. The summed E-state index contributed by atoms with van der Waals surface area (Å²) in [6.45, 7) is 5.72. The van der Waals surface area contributed by atoms with Gasteiger partial charge < -0.3 is 10.2 Å². The first-order valence-electron chi connectivity index (χ1n) is 5.36. The third-order valence-corrected chi connectivity index (χ3v) is 2.23. The molecule has 0 heterocycles. The van der Waals surface area contributed by atoms with E-state index in [-0.39, 0.29) is 0 Å². The van der Waals surface area contributed by atoms with Crippen LogP contribution in [0.5, 0.6) is 0 Å². The average molecular weight is 187 g/mol. The number of hydrogen-bond donors (Lipinski definition) is 2. The first-order valence-corrected chi connectivity index (χ1v) is 5.36. The molecule has 0 fully saturated rings. The average Bonchev–Trinajstić information content (AvgIpc) is 2.04. The highest BCUT2D eigenvalue weighted by Crippen LogP contribution is 2.17. The molecular weight excluding hydrogens is 164 g/mol. The molecule has 13 heavy (non-hydrogen) atoms. The summed E-state index contributed by atoms with van der Waals surface area (Å²) < 4.78 is 0. The van der Waals surface area contributed by atoms with Crippen LogP contribution < -0.4 is 0 Å². The van der Waals surface area contributed by atoms with E-state index in [0.29, 0.717) is 12.8 Å². The molecule has 0 amide bonds. The zero-order chi connectivity index (χ0) is 10.2. The number of rotatable bonds is 8. The van der Waals surface area contributed by atoms with Gasteiger partial charge in [0.05, 0.1) is 0 Å². The standard InChI is InChI=1S/C11H23O2/c1-3-5-6-7-8-10-11(12,13)9-4-2/h12-13H,1,3-10H2,2H3. The fourth-order valence-electron chi connectivity index (χ4n) is 1.46. The van der Waals surface area contributed by atoms with Crippen LogP contribution in [0.1, 0.15) is 58.3 Å². The van der Waals surface area contributed by atoms with Crippen LogP contribution >= 0.6 is 0 Å². The lowest BCUT2D eigenvalue weighted by Gasteiger charge is -2.20. The monoisotopic (exact) mass is 187 g/mol. The first-order chi connectivity index (χ1) is 6.12. The van der Waals surface area contributed by atoms with Gasteiger partial charge in [0, 0.05) is 12.8 Å². The second-order valence-electron chi connectivity index (χ2n) is 3.75. The van der Waals surface area contributed by atoms with Crippen molar-refractivity contribution in [2.24, 2.45) is 0 Å². The third-order valence-electron chi connectivity index (χ3n) is 2.23. The summed E-state index contributed by atoms with van der Waals surface area (Å²) >= 11 is 0. The van der Waals surface area contributed by atoms with Crippen LogP contribution in [0.4, 0.5) is 0 Å². The molecule has 0 aliphatic carbocycles. The minimum Gasteiger partial charge on any atom is -0.366 e. The van der Waals surface area contributed by atoms with Gasteiger partial charge in [0.15, 0.2) is 5.79 Å². The van der Waals surface area contributed by atoms with Crippen LogP contribution in [-0.2, 0) is 0 Å². The Morgan fingerprint density at radius 2 is 1.62 bits per heavy atom. The molecule has 0 bridgehead atoms. The summed E-state index contributed by atoms with van der Waals surface area (Å²) in [5.41, 5.74) is 0. The third kappa shape index (κ3) is 8.26. The Balaban J connectivity index is 3.29. The maximum atomic E-state index is 9.41. The molecule has 0 unspecified atom stereocenters. The summed E-state index contributed by atoms with van der Waals surface area (Å²) in [7, 11) is 0. The lowest BCUT2D eigenvalue weighted by Crippen LogP contribution is -2.27. The summed E-state index contributed by atoms with van der Waals surface area (Å²) in [6, 6.07) is 0. The summed E-state index contributed by atoms with van der Waals surface area (Å²) in [6.07, 6.45) is 7.11. The van der Waals surface area contributed by atoms with E-state index in [1.54, 1.807) is 0 Å². The van der Waals surface area contributed by atoms with E-state index in [4.69, 9.17) is 0 Å². The van der Waals surface area contributed by atoms with E-state index in [1.807, 2.05) is 6.92 Å². The van der Waals surface area contributed by atoms with Crippen molar-refractivity contribution in [3.8, 4) is 0 Å². The Bertz CT molecular complexity index is 111. The van der Waals surface area contributed by atoms with Crippen LogP contribution in [0.15, 0.2) is 0 Å². The van der Waals surface area contributed by atoms with Gasteiger partial charge in [0.25, 0.3) is 0 Å². The molecule has 2 nitrogen and oxygen atoms in total. The van der Waals surface area contributed by atoms with E-state index >= 15 is 0 Å². The molecule has 2 N–H and O–H groups in total. The summed E-state index contributed by atoms with van der Waals surface area (Å²) in [5.74, 6) is -1.42. The number of aliphatic hydroxyl groups is 2. The van der Waals surface area contributed by atoms with Crippen molar-refractivity contribution >= 4 is 0 Å². The molecule has 0 spiro atoms. The van der Waals surface area contributed by atoms with E-state index in [0.717, 1.165) is 38.5 Å². The van der Waals surface area contributed by atoms with Crippen molar-refractivity contribution in [1.82, 2.24) is 0 Å². The topological polar surface area (TPSA) is 40.5 Å². The molecular formula is C11H23O2. The molecule has 0 aromatic carbocycles. The molecule has 0 atom stereocenters. The molecule has 1 radical (unpaired) electrons. The SMILES string of the molecule is [CH2]CCCCCCC(O)(O)CCC. The summed E-state index contributed by atoms with van der Waals surface area (Å²) in [5, 5.41) is 18.8. The number of hydrogen-bond acceptors (Lipinski definition) is 2. The molecule has 0 saturated carbocycles. The van der Waals surface area contributed by atoms with Crippen molar-refractivity contribution in [3.05, 3.63) is 6.92 Å². The molecule has 0 saturated heterocycles. The maximum Gasteiger partial charge on any atom is 0.162 e. The van der Waals surface area contributed by atoms with Crippen LogP contribution in [0, 0.1) is 6.92 Å². The predicted octanol–water partition coefficient (Wildman–Crippen LogP) is 2.64. The normalized spacial score (nSPS) is 12.0. The second kappa shape index (κ2) is 7.34. The zero-order valence-electron chi connectivity index (χ0n) is 8.76. The highest BCUT2D eigenvalue weighted by atomic mass is 16.5. The van der Waals surface area contributed by atoms with Crippen LogP contribution in [0.25, 0.3) is 0 Å². The second-order valence-corrected chi connectivity index (χ2v) is 3.75. The van der Waals surface area contributed by atoms with Gasteiger partial charge in [-0.3, -0.25) is 0 Å². The summed E-state index contributed by atoms with van der Waals surface area (Å²) in [4.78, 5) is 0. The van der Waals surface area contributed by atoms with Gasteiger partial charge in [0.1, 0.15) is 0 Å². The highest BCUT2D eigenvalue weighted by Gasteiger charge is 2.20. The Kier molecular flexibility index (Phi) is 7.29. The fraction of sp³-hybridized carbons (Fsp3) is 0.909. The van der Waals surface area contributed by atoms with Gasteiger partial charge in [-0.15, -0.1) is 0 Å². The van der Waals surface area contributed by atoms with Gasteiger partial charge in [-0.05, 0) is 6.42 Å². The predicted molar refractivity (Wildman–Crippen MR) is 55.1 cm³/mol. The van der Waals surface area contributed by atoms with Gasteiger partial charge >= 0.3 is 0 Å². The maximum absolute atomic E-state index is 9.41. The minimum absolute atomic E-state index is 0.488. The van der Waals surface area contributed by atoms with E-state index in [9.17, 15) is 10.2 Å². The van der Waals surface area contributed by atoms with E-state index in [1.165, 1.54) is 0 Å². The Labute approximate surface area is 82.0 Å². The Morgan fingerprint density at radius 1 is 1.00 bits per heavy atom. The lowest BCUT2D eigenvalue weighted by atomic mass is 10.0. The molecule has 0 aliphatic heterocycles. The van der Waals surface area contributed by atoms with E-state index in [2.05, 4.69) is 6.92 Å². The van der Waals surface area contributed by atoms with Crippen LogP contribution in [0.2, 0.25) is 0 Å². The zero-order valence-corrected chi connectivity index (χ0v) is 8.76. The van der Waals surface area contributed by atoms with Crippen molar-refractivity contribution in [1.29, 1.82) is 0 Å². The fourth-order valence-corrected chi connectivity index (χ4v) is 1.46. The highest BCUT2D eigenvalue weighted by molar-refractivity contribution is 4.63. The van der Waals surface area contributed by atoms with E-state index < -0.39 is 5.79 Å². The largest absolute Gasteiger partial charge is 0.366 e. The van der Waals surface area contributed by atoms with Crippen molar-refractivity contribution in [3.63, 3.8) is 0 Å². The molecule has 0 aliphatic rings. The first kappa shape index (κ1) is 12.9. The molecule has 0 aromatic heterocycles. The quantitative estimate of drug-likeness (QED) is 0.453. The van der Waals surface area contributed by atoms with Crippen LogP contribution in [-0.4, -0.2) is 16.0 Å². The van der Waals surface area contributed by atoms with Crippen molar-refractivity contribution in [2.75, 3.05) is 0 Å². The molecule has 0 aromatic rings. The van der Waals surface area contributed by atoms with Crippen LogP contribution in [0.3, 0.4) is 0 Å². The minimum atomic E-state index is -1.42. The Hall–Kier alpha value is -0.0800. The van der Waals surface area contributed by atoms with Gasteiger partial charge in [-0.1, -0.05) is 46.0 Å². The van der Waals surface area contributed by atoms with Crippen molar-refractivity contribution < 1.29 is 10.2 Å². The van der Waals surface area contributed by atoms with Gasteiger partial charge in [0.2, 0.25) is 0 Å². The number of unbranched alkanes of at least 4 members (excludes halogenated alkanes) is 4. The van der Waals surface area contributed by atoms with Gasteiger partial charge in [-0.25, -0.2) is 0 Å². The lowest BCUT2D eigenvalue weighted by molar-refractivity contribution is -0.171. The smallest absolute Gasteiger partial charge is 0.162 e.